The van der Waals surface area contributed by atoms with Crippen molar-refractivity contribution in [1.29, 1.82) is 0 Å². The summed E-state index contributed by atoms with van der Waals surface area (Å²) in [6.45, 7) is 13.3. The van der Waals surface area contributed by atoms with E-state index in [1.807, 2.05) is 0 Å². The molecule has 2 aromatic carbocycles. The first-order valence-electron chi connectivity index (χ1n) is 14.2. The van der Waals surface area contributed by atoms with E-state index in [0.717, 1.165) is 37.2 Å². The SMILES string of the molecule is C[CH]=[Al][C](C)(Oc1ccc(CCCC)cc1CCCC)Oc1ccc(CCCC)cc1CCCC. The summed E-state index contributed by atoms with van der Waals surface area (Å²) in [5, 5.41) is 0. The number of rotatable bonds is 17. The zero-order valence-electron chi connectivity index (χ0n) is 23.4. The van der Waals surface area contributed by atoms with Crippen molar-refractivity contribution in [2.75, 3.05) is 0 Å². The van der Waals surface area contributed by atoms with Crippen molar-refractivity contribution in [2.45, 2.75) is 123 Å². The molecule has 0 aliphatic rings. The van der Waals surface area contributed by atoms with E-state index in [2.05, 4.69) is 82.8 Å². The molecule has 0 N–H and O–H groups in total. The number of unbranched alkanes of at least 4 members (excludes halogenated alkanes) is 4. The van der Waals surface area contributed by atoms with Crippen LogP contribution in [0, 0.1) is 0 Å². The van der Waals surface area contributed by atoms with E-state index >= 15 is 0 Å². The third-order valence-electron chi connectivity index (χ3n) is 6.58. The molecule has 0 amide bonds. The molecule has 0 bridgehead atoms. The molecule has 0 radical (unpaired) electrons. The van der Waals surface area contributed by atoms with E-state index in [1.165, 1.54) is 73.6 Å². The Labute approximate surface area is 222 Å². The van der Waals surface area contributed by atoms with Gasteiger partial charge < -0.3 is 0 Å². The molecule has 192 valence electrons. The van der Waals surface area contributed by atoms with E-state index in [1.54, 1.807) is 0 Å². The molecule has 0 aromatic heterocycles. The van der Waals surface area contributed by atoms with Crippen molar-refractivity contribution in [1.82, 2.24) is 0 Å². The molecule has 35 heavy (non-hydrogen) atoms. The molecule has 0 saturated heterocycles. The van der Waals surface area contributed by atoms with Gasteiger partial charge in [0.05, 0.1) is 0 Å². The van der Waals surface area contributed by atoms with E-state index in [9.17, 15) is 0 Å². The molecule has 0 unspecified atom stereocenters. The molecule has 0 fully saturated rings. The molecule has 0 heterocycles. The molecule has 2 rings (SSSR count). The Morgan fingerprint density at radius 1 is 0.657 bits per heavy atom. The second-order valence-corrected chi connectivity index (χ2v) is 12.1. The summed E-state index contributed by atoms with van der Waals surface area (Å²) < 4.78 is 12.9. The van der Waals surface area contributed by atoms with Gasteiger partial charge in [0.1, 0.15) is 0 Å². The van der Waals surface area contributed by atoms with Gasteiger partial charge in [0, 0.05) is 0 Å². The zero-order chi connectivity index (χ0) is 25.5. The summed E-state index contributed by atoms with van der Waals surface area (Å²) in [6.07, 6.45) is 14.0. The molecule has 0 spiro atoms. The van der Waals surface area contributed by atoms with Crippen LogP contribution >= 0.6 is 0 Å². The fourth-order valence-corrected chi connectivity index (χ4v) is 5.49. The second kappa shape index (κ2) is 16.2. The van der Waals surface area contributed by atoms with Gasteiger partial charge in [-0.15, -0.1) is 0 Å². The normalized spacial score (nSPS) is 11.6. The van der Waals surface area contributed by atoms with Gasteiger partial charge in [-0.3, -0.25) is 0 Å². The van der Waals surface area contributed by atoms with Crippen molar-refractivity contribution in [2.24, 2.45) is 0 Å². The molecule has 0 saturated carbocycles. The number of benzene rings is 2. The van der Waals surface area contributed by atoms with Crippen LogP contribution in [0.3, 0.4) is 0 Å². The summed E-state index contributed by atoms with van der Waals surface area (Å²) in [6, 6.07) is 13.6. The van der Waals surface area contributed by atoms with E-state index in [4.69, 9.17) is 9.47 Å². The standard InChI is InChI=1S/C30H45O2.C2H4.Al/c1-6-10-14-25-18-20-29(27(22-25)16-12-8-3)31-24(5)32-30-21-19-26(15-11-7-2)23-28(30)17-13-9-4;1-2;/h18-23H,6-17H2,1-5H3;1H,2H3;. The molecule has 0 aliphatic carbocycles. The van der Waals surface area contributed by atoms with Gasteiger partial charge in [0.25, 0.3) is 0 Å². The van der Waals surface area contributed by atoms with Gasteiger partial charge >= 0.3 is 223 Å². The van der Waals surface area contributed by atoms with Crippen LogP contribution in [-0.2, 0) is 25.7 Å². The van der Waals surface area contributed by atoms with Gasteiger partial charge in [-0.25, -0.2) is 0 Å². The van der Waals surface area contributed by atoms with Crippen LogP contribution in [0.4, 0.5) is 0 Å². The van der Waals surface area contributed by atoms with Crippen molar-refractivity contribution in [3.05, 3.63) is 58.7 Å². The first-order valence-corrected chi connectivity index (χ1v) is 15.5. The van der Waals surface area contributed by atoms with Crippen LogP contribution < -0.4 is 9.47 Å². The number of aryl methyl sites for hydroxylation is 4. The van der Waals surface area contributed by atoms with Crippen LogP contribution in [0.5, 0.6) is 11.5 Å². The molecule has 2 nitrogen and oxygen atoms in total. The second-order valence-electron chi connectivity index (χ2n) is 10.0. The summed E-state index contributed by atoms with van der Waals surface area (Å²) in [7, 11) is 0. The molecule has 3 heteroatoms. The van der Waals surface area contributed by atoms with Crippen molar-refractivity contribution < 1.29 is 9.47 Å². The Morgan fingerprint density at radius 3 is 1.43 bits per heavy atom. The average molecular weight is 493 g/mol. The predicted molar refractivity (Wildman–Crippen MR) is 154 cm³/mol. The van der Waals surface area contributed by atoms with Crippen LogP contribution in [0.1, 0.15) is 115 Å². The van der Waals surface area contributed by atoms with Crippen LogP contribution in [0.25, 0.3) is 0 Å². The van der Waals surface area contributed by atoms with Crippen molar-refractivity contribution in [3.8, 4) is 11.5 Å². The number of ether oxygens (including phenoxy) is 2. The summed E-state index contributed by atoms with van der Waals surface area (Å²) in [5.41, 5.74) is 5.50. The Bertz CT molecular complexity index is 837. The molecule has 0 atom stereocenters. The summed E-state index contributed by atoms with van der Waals surface area (Å²) >= 11 is -0.151. The fraction of sp³-hybridized carbons (Fsp3) is 0.594. The minimum absolute atomic E-state index is 0.151. The zero-order valence-corrected chi connectivity index (χ0v) is 24.6. The van der Waals surface area contributed by atoms with Gasteiger partial charge in [-0.1, -0.05) is 0 Å². The first-order chi connectivity index (χ1) is 17.0. The van der Waals surface area contributed by atoms with Gasteiger partial charge in [0.2, 0.25) is 0 Å². The fourth-order valence-electron chi connectivity index (χ4n) is 4.49. The topological polar surface area (TPSA) is 18.5 Å². The Hall–Kier alpha value is -1.56. The Balaban J connectivity index is 2.35. The monoisotopic (exact) mass is 492 g/mol. The predicted octanol–water partition coefficient (Wildman–Crippen LogP) is 8.71. The van der Waals surface area contributed by atoms with Gasteiger partial charge in [-0.05, 0) is 0 Å². The van der Waals surface area contributed by atoms with Crippen LogP contribution in [-0.4, -0.2) is 24.3 Å². The molecule has 2 aromatic rings. The minimum atomic E-state index is -0.660. The number of hydrogen-bond acceptors (Lipinski definition) is 2. The maximum atomic E-state index is 6.77. The number of hydrogen-bond donors (Lipinski definition) is 0. The third kappa shape index (κ3) is 10.1. The van der Waals surface area contributed by atoms with E-state index in [0.29, 0.717) is 0 Å². The van der Waals surface area contributed by atoms with Crippen LogP contribution in [0.2, 0.25) is 0 Å². The quantitative estimate of drug-likeness (QED) is 0.162. The van der Waals surface area contributed by atoms with Gasteiger partial charge in [0.15, 0.2) is 0 Å². The summed E-state index contributed by atoms with van der Waals surface area (Å²) in [5.74, 6) is 1.98. The average Bonchev–Trinajstić information content (AvgIpc) is 2.85. The molecular formula is C32H49AlO2. The molecular weight excluding hydrogens is 443 g/mol. The van der Waals surface area contributed by atoms with E-state index in [-0.39, 0.29) is 14.8 Å². The Morgan fingerprint density at radius 2 is 1.06 bits per heavy atom. The Kier molecular flexibility index (Phi) is 13.8. The summed E-state index contributed by atoms with van der Waals surface area (Å²) in [4.78, 5) is 2.24. The van der Waals surface area contributed by atoms with Crippen molar-refractivity contribution in [3.63, 3.8) is 0 Å². The first kappa shape index (κ1) is 29.7. The maximum absolute atomic E-state index is 6.77. The van der Waals surface area contributed by atoms with E-state index < -0.39 is 4.65 Å². The third-order valence-corrected chi connectivity index (χ3v) is 7.76. The van der Waals surface area contributed by atoms with Crippen LogP contribution in [0.15, 0.2) is 36.4 Å². The van der Waals surface area contributed by atoms with Crippen molar-refractivity contribution >= 4 is 19.7 Å². The molecule has 0 aliphatic heterocycles. The van der Waals surface area contributed by atoms with Gasteiger partial charge in [-0.2, -0.15) is 0 Å².